The highest BCUT2D eigenvalue weighted by Crippen LogP contribution is 2.25. The van der Waals surface area contributed by atoms with E-state index in [0.29, 0.717) is 10.7 Å². The van der Waals surface area contributed by atoms with Gasteiger partial charge in [-0.15, -0.1) is 0 Å². The zero-order chi connectivity index (χ0) is 14.9. The van der Waals surface area contributed by atoms with Gasteiger partial charge in [0.25, 0.3) is 11.5 Å². The standard InChI is InChI=1S/C12H9Cl2N3O3/c1-17-10(18)5-9(16-12(17)20)11(19)15-6-2-3-7(13)8(14)4-6/h2-5H,1H3,(H,15,19)(H,16,20). The molecule has 1 heterocycles. The number of carbonyl (C=O) groups excluding carboxylic acids is 1. The molecule has 0 spiro atoms. The molecule has 8 heteroatoms. The lowest BCUT2D eigenvalue weighted by molar-refractivity contribution is 0.102. The Labute approximate surface area is 123 Å². The van der Waals surface area contributed by atoms with Gasteiger partial charge in [-0.3, -0.25) is 14.2 Å². The summed E-state index contributed by atoms with van der Waals surface area (Å²) in [6.45, 7) is 0. The number of nitrogens with one attached hydrogen (secondary N) is 2. The maximum atomic E-state index is 11.9. The SMILES string of the molecule is Cn1c(=O)cc(C(=O)Nc2ccc(Cl)c(Cl)c2)[nH]c1=O. The van der Waals surface area contributed by atoms with Crippen molar-refractivity contribution in [3.05, 3.63) is 60.8 Å². The number of amides is 1. The lowest BCUT2D eigenvalue weighted by Crippen LogP contribution is -2.34. The molecule has 0 saturated carbocycles. The molecule has 0 fully saturated rings. The fourth-order valence-electron chi connectivity index (χ4n) is 1.45. The number of aromatic nitrogens is 2. The summed E-state index contributed by atoms with van der Waals surface area (Å²) in [7, 11) is 1.31. The lowest BCUT2D eigenvalue weighted by Gasteiger charge is -2.06. The van der Waals surface area contributed by atoms with Gasteiger partial charge in [0.2, 0.25) is 0 Å². The highest BCUT2D eigenvalue weighted by atomic mass is 35.5. The Hall–Kier alpha value is -2.05. The molecule has 0 bridgehead atoms. The molecule has 6 nitrogen and oxygen atoms in total. The van der Waals surface area contributed by atoms with Crippen molar-refractivity contribution in [3.63, 3.8) is 0 Å². The highest BCUT2D eigenvalue weighted by Gasteiger charge is 2.10. The van der Waals surface area contributed by atoms with Crippen molar-refractivity contribution < 1.29 is 4.79 Å². The number of benzene rings is 1. The summed E-state index contributed by atoms with van der Waals surface area (Å²) in [5.74, 6) is -0.627. The second kappa shape index (κ2) is 5.52. The van der Waals surface area contributed by atoms with Gasteiger partial charge in [0.1, 0.15) is 5.69 Å². The Bertz CT molecular complexity index is 764. The molecule has 1 aromatic heterocycles. The first-order valence-corrected chi connectivity index (χ1v) is 6.21. The minimum absolute atomic E-state index is 0.135. The number of aromatic amines is 1. The maximum absolute atomic E-state index is 11.9. The molecule has 1 aromatic carbocycles. The molecule has 0 saturated heterocycles. The van der Waals surface area contributed by atoms with Crippen LogP contribution in [0.25, 0.3) is 0 Å². The molecule has 2 aromatic rings. The summed E-state index contributed by atoms with van der Waals surface area (Å²) >= 11 is 11.6. The van der Waals surface area contributed by atoms with Gasteiger partial charge in [-0.05, 0) is 18.2 Å². The topological polar surface area (TPSA) is 84.0 Å². The Morgan fingerprint density at radius 1 is 1.20 bits per heavy atom. The van der Waals surface area contributed by atoms with Crippen LogP contribution < -0.4 is 16.6 Å². The number of halogens is 2. The fourth-order valence-corrected chi connectivity index (χ4v) is 1.75. The zero-order valence-electron chi connectivity index (χ0n) is 10.2. The van der Waals surface area contributed by atoms with Crippen LogP contribution in [0.3, 0.4) is 0 Å². The van der Waals surface area contributed by atoms with Crippen molar-refractivity contribution in [1.82, 2.24) is 9.55 Å². The molecular formula is C12H9Cl2N3O3. The molecule has 104 valence electrons. The molecule has 20 heavy (non-hydrogen) atoms. The largest absolute Gasteiger partial charge is 0.328 e. The number of hydrogen-bond acceptors (Lipinski definition) is 3. The lowest BCUT2D eigenvalue weighted by atomic mass is 10.3. The van der Waals surface area contributed by atoms with Gasteiger partial charge in [0, 0.05) is 18.8 Å². The van der Waals surface area contributed by atoms with Crippen molar-refractivity contribution in [2.75, 3.05) is 5.32 Å². The van der Waals surface area contributed by atoms with Crippen LogP contribution in [0.5, 0.6) is 0 Å². The van der Waals surface area contributed by atoms with Crippen LogP contribution in [0.15, 0.2) is 33.9 Å². The van der Waals surface area contributed by atoms with Gasteiger partial charge in [-0.2, -0.15) is 0 Å². The quantitative estimate of drug-likeness (QED) is 0.884. The predicted octanol–water partition coefficient (Wildman–Crippen LogP) is 1.63. The average molecular weight is 314 g/mol. The van der Waals surface area contributed by atoms with Crippen LogP contribution in [0.1, 0.15) is 10.5 Å². The van der Waals surface area contributed by atoms with E-state index >= 15 is 0 Å². The number of H-pyrrole nitrogens is 1. The van der Waals surface area contributed by atoms with E-state index in [1.807, 2.05) is 0 Å². The monoisotopic (exact) mass is 313 g/mol. The minimum atomic E-state index is -0.670. The van der Waals surface area contributed by atoms with Crippen molar-refractivity contribution in [2.24, 2.45) is 7.05 Å². The van der Waals surface area contributed by atoms with Crippen LogP contribution >= 0.6 is 23.2 Å². The summed E-state index contributed by atoms with van der Waals surface area (Å²) in [5.41, 5.74) is -0.986. The summed E-state index contributed by atoms with van der Waals surface area (Å²) in [6, 6.07) is 5.56. The first-order valence-electron chi connectivity index (χ1n) is 5.45. The van der Waals surface area contributed by atoms with Crippen LogP contribution in [0.2, 0.25) is 10.0 Å². The van der Waals surface area contributed by atoms with Crippen molar-refractivity contribution in [1.29, 1.82) is 0 Å². The molecule has 0 aliphatic rings. The number of hydrogen-bond donors (Lipinski definition) is 2. The van der Waals surface area contributed by atoms with Gasteiger partial charge >= 0.3 is 5.69 Å². The normalized spacial score (nSPS) is 10.3. The van der Waals surface area contributed by atoms with Gasteiger partial charge < -0.3 is 10.3 Å². The summed E-state index contributed by atoms with van der Waals surface area (Å²) in [4.78, 5) is 37.1. The second-order valence-corrected chi connectivity index (χ2v) is 4.78. The minimum Gasteiger partial charge on any atom is -0.321 e. The number of anilines is 1. The van der Waals surface area contributed by atoms with Gasteiger partial charge in [-0.1, -0.05) is 23.2 Å². The number of rotatable bonds is 2. The van der Waals surface area contributed by atoms with Crippen molar-refractivity contribution >= 4 is 34.8 Å². The van der Waals surface area contributed by atoms with E-state index < -0.39 is 17.2 Å². The molecule has 0 aliphatic carbocycles. The fraction of sp³-hybridized carbons (Fsp3) is 0.0833. The molecular weight excluding hydrogens is 305 g/mol. The first-order chi connectivity index (χ1) is 9.38. The molecule has 2 rings (SSSR count). The van der Waals surface area contributed by atoms with Crippen LogP contribution in [0, 0.1) is 0 Å². The van der Waals surface area contributed by atoms with Crippen molar-refractivity contribution in [2.45, 2.75) is 0 Å². The van der Waals surface area contributed by atoms with Crippen molar-refractivity contribution in [3.8, 4) is 0 Å². The third kappa shape index (κ3) is 2.92. The Kier molecular flexibility index (Phi) is 3.96. The third-order valence-corrected chi connectivity index (χ3v) is 3.31. The highest BCUT2D eigenvalue weighted by molar-refractivity contribution is 6.42. The molecule has 0 aliphatic heterocycles. The number of nitrogens with zero attached hydrogens (tertiary/aromatic N) is 1. The molecule has 2 N–H and O–H groups in total. The Morgan fingerprint density at radius 3 is 2.50 bits per heavy atom. The van der Waals surface area contributed by atoms with Crippen LogP contribution in [0.4, 0.5) is 5.69 Å². The molecule has 1 amide bonds. The summed E-state index contributed by atoms with van der Waals surface area (Å²) in [6.07, 6.45) is 0. The Balaban J connectivity index is 2.31. The van der Waals surface area contributed by atoms with E-state index in [2.05, 4.69) is 10.3 Å². The smallest absolute Gasteiger partial charge is 0.321 e. The van der Waals surface area contributed by atoms with E-state index in [0.717, 1.165) is 10.6 Å². The second-order valence-electron chi connectivity index (χ2n) is 3.97. The van der Waals surface area contributed by atoms with E-state index in [1.165, 1.54) is 19.2 Å². The molecule has 0 unspecified atom stereocenters. The van der Waals surface area contributed by atoms with E-state index in [4.69, 9.17) is 23.2 Å². The maximum Gasteiger partial charge on any atom is 0.328 e. The summed E-state index contributed by atoms with van der Waals surface area (Å²) < 4.78 is 0.857. The van der Waals surface area contributed by atoms with Crippen LogP contribution in [-0.4, -0.2) is 15.5 Å². The number of carbonyl (C=O) groups is 1. The summed E-state index contributed by atoms with van der Waals surface area (Å²) in [5, 5.41) is 3.13. The zero-order valence-corrected chi connectivity index (χ0v) is 11.7. The third-order valence-electron chi connectivity index (χ3n) is 2.57. The Morgan fingerprint density at radius 2 is 1.90 bits per heavy atom. The van der Waals surface area contributed by atoms with Gasteiger partial charge in [0.15, 0.2) is 0 Å². The van der Waals surface area contributed by atoms with Gasteiger partial charge in [0.05, 0.1) is 10.0 Å². The van der Waals surface area contributed by atoms with E-state index in [9.17, 15) is 14.4 Å². The van der Waals surface area contributed by atoms with Crippen LogP contribution in [-0.2, 0) is 7.05 Å². The first kappa shape index (κ1) is 14.4. The van der Waals surface area contributed by atoms with Gasteiger partial charge in [-0.25, -0.2) is 4.79 Å². The molecule has 0 radical (unpaired) electrons. The molecule has 0 atom stereocenters. The predicted molar refractivity (Wildman–Crippen MR) is 76.7 cm³/mol. The van der Waals surface area contributed by atoms with E-state index in [-0.39, 0.29) is 10.7 Å². The average Bonchev–Trinajstić information content (AvgIpc) is 2.39. The van der Waals surface area contributed by atoms with E-state index in [1.54, 1.807) is 6.07 Å².